The molecule has 1 unspecified atom stereocenters. The van der Waals surface area contributed by atoms with Crippen molar-refractivity contribution in [2.75, 3.05) is 6.61 Å². The minimum Gasteiger partial charge on any atom is -0.497 e. The predicted octanol–water partition coefficient (Wildman–Crippen LogP) is 3.60. The van der Waals surface area contributed by atoms with Gasteiger partial charge in [0.1, 0.15) is 11.6 Å². The number of para-hydroxylation sites is 2. The lowest BCUT2D eigenvalue weighted by Gasteiger charge is -2.22. The second kappa shape index (κ2) is 6.86. The van der Waals surface area contributed by atoms with Crippen LogP contribution in [0.1, 0.15) is 51.4 Å². The molecule has 2 aromatic rings. The Hall–Kier alpha value is -2.30. The summed E-state index contributed by atoms with van der Waals surface area (Å²) in [7, 11) is 0. The van der Waals surface area contributed by atoms with Crippen molar-refractivity contribution < 1.29 is 9.53 Å². The molecule has 1 aromatic carbocycles. The summed E-state index contributed by atoms with van der Waals surface area (Å²) < 4.78 is 5.63. The van der Waals surface area contributed by atoms with Crippen LogP contribution in [0, 0.1) is 0 Å². The van der Waals surface area contributed by atoms with Crippen LogP contribution in [-0.4, -0.2) is 22.5 Å². The van der Waals surface area contributed by atoms with Crippen LogP contribution in [0.3, 0.4) is 0 Å². The second-order valence-corrected chi connectivity index (χ2v) is 5.78. The van der Waals surface area contributed by atoms with E-state index in [0.717, 1.165) is 53.9 Å². The molecule has 122 valence electrons. The first kappa shape index (κ1) is 15.6. The van der Waals surface area contributed by atoms with Crippen LogP contribution < -0.4 is 5.32 Å². The van der Waals surface area contributed by atoms with Crippen molar-refractivity contribution in [1.82, 2.24) is 15.3 Å². The molecule has 2 heterocycles. The topological polar surface area (TPSA) is 67.0 Å². The Bertz CT molecular complexity index is 700. The van der Waals surface area contributed by atoms with E-state index in [9.17, 15) is 4.79 Å². The molecule has 2 N–H and O–H groups in total. The first-order valence-corrected chi connectivity index (χ1v) is 8.33. The summed E-state index contributed by atoms with van der Waals surface area (Å²) in [6.45, 7) is 4.77. The number of ether oxygens (including phenoxy) is 1. The highest BCUT2D eigenvalue weighted by Crippen LogP contribution is 2.24. The summed E-state index contributed by atoms with van der Waals surface area (Å²) in [6, 6.07) is 7.78. The number of aromatic amines is 1. The number of hydrogen-bond donors (Lipinski definition) is 2. The highest BCUT2D eigenvalue weighted by atomic mass is 16.5. The number of nitrogens with one attached hydrogen (secondary N) is 2. The molecular formula is C18H23N3O2. The van der Waals surface area contributed by atoms with Crippen molar-refractivity contribution in [3.8, 4) is 0 Å². The number of hydrogen-bond acceptors (Lipinski definition) is 3. The van der Waals surface area contributed by atoms with E-state index in [4.69, 9.17) is 4.74 Å². The monoisotopic (exact) mass is 313 g/mol. The van der Waals surface area contributed by atoms with Gasteiger partial charge in [-0.3, -0.25) is 4.79 Å². The Labute approximate surface area is 136 Å². The van der Waals surface area contributed by atoms with Gasteiger partial charge < -0.3 is 15.0 Å². The zero-order chi connectivity index (χ0) is 16.2. The van der Waals surface area contributed by atoms with E-state index < -0.39 is 0 Å². The van der Waals surface area contributed by atoms with Crippen molar-refractivity contribution in [1.29, 1.82) is 0 Å². The van der Waals surface area contributed by atoms with E-state index in [-0.39, 0.29) is 11.9 Å². The SMILES string of the molecule is CCC1=C(C(=O)NC(CC)c2nc3ccccc3[nH]2)CCCO1. The normalized spacial score (nSPS) is 16.3. The number of amides is 1. The van der Waals surface area contributed by atoms with E-state index in [2.05, 4.69) is 15.3 Å². The molecule has 0 fully saturated rings. The standard InChI is InChI=1S/C18H23N3O2/c1-3-13(17-19-14-9-5-6-10-15(14)20-17)21-18(22)12-8-7-11-23-16(12)4-2/h5-6,9-10,13H,3-4,7-8,11H2,1-2H3,(H,19,20)(H,21,22). The molecule has 23 heavy (non-hydrogen) atoms. The lowest BCUT2D eigenvalue weighted by molar-refractivity contribution is -0.119. The average molecular weight is 313 g/mol. The van der Waals surface area contributed by atoms with Crippen LogP contribution in [0.2, 0.25) is 0 Å². The van der Waals surface area contributed by atoms with E-state index in [0.29, 0.717) is 6.61 Å². The minimum absolute atomic E-state index is 0.0335. The summed E-state index contributed by atoms with van der Waals surface area (Å²) in [5.41, 5.74) is 2.70. The van der Waals surface area contributed by atoms with Crippen LogP contribution in [0.25, 0.3) is 11.0 Å². The summed E-state index contributed by atoms with van der Waals surface area (Å²) in [4.78, 5) is 20.5. The number of rotatable bonds is 5. The van der Waals surface area contributed by atoms with Gasteiger partial charge in [-0.05, 0) is 31.4 Å². The zero-order valence-electron chi connectivity index (χ0n) is 13.7. The molecule has 0 spiro atoms. The Balaban J connectivity index is 1.81. The molecule has 0 radical (unpaired) electrons. The summed E-state index contributed by atoms with van der Waals surface area (Å²) in [5.74, 6) is 1.60. The minimum atomic E-state index is -0.123. The number of carbonyl (C=O) groups excluding carboxylic acids is 1. The molecular weight excluding hydrogens is 290 g/mol. The third kappa shape index (κ3) is 3.23. The van der Waals surface area contributed by atoms with E-state index in [1.807, 2.05) is 38.1 Å². The summed E-state index contributed by atoms with van der Waals surface area (Å²) >= 11 is 0. The van der Waals surface area contributed by atoms with Crippen LogP contribution in [0.5, 0.6) is 0 Å². The van der Waals surface area contributed by atoms with Crippen molar-refractivity contribution >= 4 is 16.9 Å². The smallest absolute Gasteiger partial charge is 0.251 e. The van der Waals surface area contributed by atoms with Gasteiger partial charge >= 0.3 is 0 Å². The molecule has 0 saturated heterocycles. The van der Waals surface area contributed by atoms with Gasteiger partial charge in [0.25, 0.3) is 5.91 Å². The van der Waals surface area contributed by atoms with Crippen molar-refractivity contribution in [3.63, 3.8) is 0 Å². The Kier molecular flexibility index (Phi) is 4.65. The van der Waals surface area contributed by atoms with Crippen molar-refractivity contribution in [3.05, 3.63) is 41.4 Å². The van der Waals surface area contributed by atoms with Gasteiger partial charge in [-0.2, -0.15) is 0 Å². The van der Waals surface area contributed by atoms with Crippen LogP contribution in [0.15, 0.2) is 35.6 Å². The van der Waals surface area contributed by atoms with Gasteiger partial charge in [0.15, 0.2) is 0 Å². The molecule has 5 nitrogen and oxygen atoms in total. The predicted molar refractivity (Wildman–Crippen MR) is 89.8 cm³/mol. The second-order valence-electron chi connectivity index (χ2n) is 5.78. The van der Waals surface area contributed by atoms with Gasteiger partial charge in [0, 0.05) is 6.42 Å². The first-order valence-electron chi connectivity index (χ1n) is 8.33. The average Bonchev–Trinajstić information content (AvgIpc) is 3.03. The van der Waals surface area contributed by atoms with E-state index >= 15 is 0 Å². The van der Waals surface area contributed by atoms with Crippen LogP contribution in [0.4, 0.5) is 0 Å². The highest BCUT2D eigenvalue weighted by molar-refractivity contribution is 5.94. The van der Waals surface area contributed by atoms with Gasteiger partial charge in [0.2, 0.25) is 0 Å². The largest absolute Gasteiger partial charge is 0.497 e. The molecule has 5 heteroatoms. The quantitative estimate of drug-likeness (QED) is 0.886. The molecule has 1 amide bonds. The lowest BCUT2D eigenvalue weighted by Crippen LogP contribution is -2.32. The first-order chi connectivity index (χ1) is 11.2. The number of nitrogens with zero attached hydrogens (tertiary/aromatic N) is 1. The number of fused-ring (bicyclic) bond motifs is 1. The molecule has 3 rings (SSSR count). The van der Waals surface area contributed by atoms with Gasteiger partial charge in [-0.15, -0.1) is 0 Å². The zero-order valence-corrected chi connectivity index (χ0v) is 13.7. The Morgan fingerprint density at radius 1 is 1.39 bits per heavy atom. The molecule has 0 bridgehead atoms. The van der Waals surface area contributed by atoms with Crippen LogP contribution >= 0.6 is 0 Å². The molecule has 0 saturated carbocycles. The Morgan fingerprint density at radius 3 is 2.96 bits per heavy atom. The highest BCUT2D eigenvalue weighted by Gasteiger charge is 2.23. The third-order valence-corrected chi connectivity index (χ3v) is 4.23. The number of aromatic nitrogens is 2. The van der Waals surface area contributed by atoms with E-state index in [1.165, 1.54) is 0 Å². The molecule has 0 aliphatic carbocycles. The van der Waals surface area contributed by atoms with Gasteiger partial charge in [-0.1, -0.05) is 26.0 Å². The summed E-state index contributed by atoms with van der Waals surface area (Å²) in [6.07, 6.45) is 3.21. The number of H-pyrrole nitrogens is 1. The maximum absolute atomic E-state index is 12.6. The van der Waals surface area contributed by atoms with Crippen LogP contribution in [-0.2, 0) is 9.53 Å². The van der Waals surface area contributed by atoms with Crippen molar-refractivity contribution in [2.45, 2.75) is 45.6 Å². The van der Waals surface area contributed by atoms with Gasteiger partial charge in [0.05, 0.1) is 29.3 Å². The fourth-order valence-corrected chi connectivity index (χ4v) is 2.97. The lowest BCUT2D eigenvalue weighted by atomic mass is 10.0. The number of imidazole rings is 1. The number of allylic oxidation sites excluding steroid dienone is 1. The molecule has 1 atom stereocenters. The van der Waals surface area contributed by atoms with Gasteiger partial charge in [-0.25, -0.2) is 4.98 Å². The maximum Gasteiger partial charge on any atom is 0.251 e. The van der Waals surface area contributed by atoms with E-state index in [1.54, 1.807) is 0 Å². The summed E-state index contributed by atoms with van der Waals surface area (Å²) in [5, 5.41) is 3.11. The molecule has 1 aliphatic rings. The fourth-order valence-electron chi connectivity index (χ4n) is 2.97. The molecule has 1 aromatic heterocycles. The number of benzene rings is 1. The number of carbonyl (C=O) groups is 1. The maximum atomic E-state index is 12.6. The third-order valence-electron chi connectivity index (χ3n) is 4.23. The van der Waals surface area contributed by atoms with Crippen molar-refractivity contribution in [2.24, 2.45) is 0 Å². The Morgan fingerprint density at radius 2 is 2.22 bits per heavy atom. The fraction of sp³-hybridized carbons (Fsp3) is 0.444. The molecule has 1 aliphatic heterocycles.